The van der Waals surface area contributed by atoms with Crippen LogP contribution in [0.2, 0.25) is 0 Å². The fourth-order valence-corrected chi connectivity index (χ4v) is 4.46. The predicted molar refractivity (Wildman–Crippen MR) is 110 cm³/mol. The molecule has 0 aliphatic heterocycles. The van der Waals surface area contributed by atoms with Crippen molar-refractivity contribution in [1.29, 1.82) is 0 Å². The lowest BCUT2D eigenvalue weighted by Crippen LogP contribution is -2.08. The van der Waals surface area contributed by atoms with Gasteiger partial charge < -0.3 is 18.8 Å². The number of halogens is 2. The van der Waals surface area contributed by atoms with Crippen LogP contribution in [-0.4, -0.2) is 9.79 Å². The zero-order chi connectivity index (χ0) is 21.0. The van der Waals surface area contributed by atoms with Gasteiger partial charge in [0, 0.05) is 17.0 Å². The van der Waals surface area contributed by atoms with Crippen molar-refractivity contribution in [2.75, 3.05) is 0 Å². The average molecular weight is 430 g/mol. The quantitative estimate of drug-likeness (QED) is 0.443. The number of benzene rings is 2. The van der Waals surface area contributed by atoms with Crippen LogP contribution in [0.15, 0.2) is 24.3 Å². The molecule has 0 aliphatic rings. The second kappa shape index (κ2) is 9.93. The van der Waals surface area contributed by atoms with Crippen LogP contribution in [0.4, 0.5) is 8.39 Å². The molecule has 154 valence electrons. The van der Waals surface area contributed by atoms with Gasteiger partial charge in [0.15, 0.2) is 0 Å². The summed E-state index contributed by atoms with van der Waals surface area (Å²) in [5.41, 5.74) is 4.74. The van der Waals surface area contributed by atoms with Gasteiger partial charge in [-0.2, -0.15) is 0 Å². The van der Waals surface area contributed by atoms with Crippen LogP contribution in [-0.2, 0) is 0 Å². The van der Waals surface area contributed by atoms with E-state index in [1.54, 1.807) is 13.8 Å². The molecule has 0 radical (unpaired) electrons. The second-order valence-electron chi connectivity index (χ2n) is 6.98. The highest BCUT2D eigenvalue weighted by atomic mass is 31.2. The fraction of sp³-hybridized carbons (Fsp3) is 0.400. The Kier molecular flexibility index (Phi) is 8.15. The van der Waals surface area contributed by atoms with Gasteiger partial charge >= 0.3 is 17.4 Å². The van der Waals surface area contributed by atoms with Crippen LogP contribution in [0.25, 0.3) is 0 Å². The minimum atomic E-state index is -3.08. The average Bonchev–Trinajstić information content (AvgIpc) is 2.57. The molecular formula is C20H26F2O4P2. The molecule has 2 N–H and O–H groups in total. The molecule has 0 heterocycles. The zero-order valence-electron chi connectivity index (χ0n) is 16.7. The summed E-state index contributed by atoms with van der Waals surface area (Å²) < 4.78 is 37.1. The summed E-state index contributed by atoms with van der Waals surface area (Å²) in [6.45, 7) is 9.45. The van der Waals surface area contributed by atoms with Gasteiger partial charge in [-0.05, 0) is 45.2 Å². The van der Waals surface area contributed by atoms with Crippen LogP contribution in [0.3, 0.4) is 0 Å². The van der Waals surface area contributed by atoms with E-state index < -0.39 is 17.4 Å². The minimum absolute atomic E-state index is 0.280. The fourth-order valence-electron chi connectivity index (χ4n) is 3.66. The van der Waals surface area contributed by atoms with Crippen molar-refractivity contribution in [2.24, 2.45) is 0 Å². The van der Waals surface area contributed by atoms with Gasteiger partial charge in [0.25, 0.3) is 0 Å². The van der Waals surface area contributed by atoms with Gasteiger partial charge in [-0.25, -0.2) is 0 Å². The lowest BCUT2D eigenvalue weighted by atomic mass is 9.83. The Balaban J connectivity index is 2.74. The van der Waals surface area contributed by atoms with E-state index in [1.165, 1.54) is 0 Å². The Morgan fingerprint density at radius 3 is 1.54 bits per heavy atom. The Labute approximate surface area is 167 Å². The highest BCUT2D eigenvalue weighted by molar-refractivity contribution is 7.40. The van der Waals surface area contributed by atoms with Crippen molar-refractivity contribution in [2.45, 2.75) is 53.4 Å². The molecule has 0 amide bonds. The Morgan fingerprint density at radius 1 is 0.821 bits per heavy atom. The topological polar surface area (TPSA) is 58.9 Å². The van der Waals surface area contributed by atoms with Gasteiger partial charge in [0.1, 0.15) is 11.5 Å². The summed E-state index contributed by atoms with van der Waals surface area (Å²) in [7, 11) is -6.17. The molecule has 28 heavy (non-hydrogen) atoms. The molecule has 0 fully saturated rings. The standard InChI is InChI=1S/C20H26F2O4P2/c1-6-7-16(17-10-12(2)8-14(4)19(17)25-27(21)23)18-11-13(3)9-15(5)20(18)26-28(22)24/h8-11,16,23-24H,6-7H2,1-5H3. The van der Waals surface area contributed by atoms with Crippen molar-refractivity contribution >= 4 is 17.4 Å². The number of hydrogen-bond donors (Lipinski definition) is 2. The molecule has 2 aromatic rings. The first-order chi connectivity index (χ1) is 13.1. The summed E-state index contributed by atoms with van der Waals surface area (Å²) in [6.07, 6.45) is 1.47. The maximum Gasteiger partial charge on any atom is 0.436 e. The monoisotopic (exact) mass is 430 g/mol. The van der Waals surface area contributed by atoms with Gasteiger partial charge in [0.05, 0.1) is 0 Å². The molecule has 0 aromatic heterocycles. The summed E-state index contributed by atoms with van der Waals surface area (Å²) in [5, 5.41) is 0. The van der Waals surface area contributed by atoms with Gasteiger partial charge in [-0.3, -0.25) is 0 Å². The maximum atomic E-state index is 13.4. The summed E-state index contributed by atoms with van der Waals surface area (Å²) in [5.74, 6) is 0.297. The normalized spacial score (nSPS) is 14.5. The molecule has 2 rings (SSSR count). The van der Waals surface area contributed by atoms with E-state index in [0.29, 0.717) is 28.7 Å². The maximum absolute atomic E-state index is 13.4. The minimum Gasteiger partial charge on any atom is -0.423 e. The molecule has 2 unspecified atom stereocenters. The lowest BCUT2D eigenvalue weighted by molar-refractivity contribution is 0.423. The van der Waals surface area contributed by atoms with Crippen molar-refractivity contribution in [3.63, 3.8) is 0 Å². The van der Waals surface area contributed by atoms with E-state index in [1.807, 2.05) is 45.0 Å². The first-order valence-electron chi connectivity index (χ1n) is 9.01. The highest BCUT2D eigenvalue weighted by Crippen LogP contribution is 2.48. The smallest absolute Gasteiger partial charge is 0.423 e. The molecule has 0 aliphatic carbocycles. The zero-order valence-corrected chi connectivity index (χ0v) is 18.5. The van der Waals surface area contributed by atoms with Crippen LogP contribution >= 0.6 is 17.4 Å². The number of aryl methyl sites for hydroxylation is 4. The first kappa shape index (κ1) is 23.0. The van der Waals surface area contributed by atoms with Crippen LogP contribution in [0.5, 0.6) is 11.5 Å². The third-order valence-corrected chi connectivity index (χ3v) is 5.22. The highest BCUT2D eigenvalue weighted by Gasteiger charge is 2.27. The SMILES string of the molecule is CCCC(c1cc(C)cc(C)c1OP(O)F)c1cc(C)cc(C)c1OP(O)F. The second-order valence-corrected chi connectivity index (χ2v) is 8.25. The van der Waals surface area contributed by atoms with Gasteiger partial charge in [-0.1, -0.05) is 48.7 Å². The molecular weight excluding hydrogens is 404 g/mol. The summed E-state index contributed by atoms with van der Waals surface area (Å²) in [4.78, 5) is 18.5. The predicted octanol–water partition coefficient (Wildman–Crippen LogP) is 6.99. The summed E-state index contributed by atoms with van der Waals surface area (Å²) in [6, 6.07) is 7.49. The van der Waals surface area contributed by atoms with Gasteiger partial charge in [0.2, 0.25) is 0 Å². The Morgan fingerprint density at radius 2 is 1.21 bits per heavy atom. The van der Waals surface area contributed by atoms with E-state index in [0.717, 1.165) is 17.5 Å². The van der Waals surface area contributed by atoms with E-state index in [2.05, 4.69) is 0 Å². The Hall–Kier alpha value is -1.32. The molecule has 4 nitrogen and oxygen atoms in total. The van der Waals surface area contributed by atoms with Gasteiger partial charge in [-0.15, -0.1) is 8.39 Å². The lowest BCUT2D eigenvalue weighted by Gasteiger charge is -2.25. The van der Waals surface area contributed by atoms with Crippen molar-refractivity contribution in [3.05, 3.63) is 57.6 Å². The van der Waals surface area contributed by atoms with Crippen LogP contribution in [0.1, 0.15) is 59.1 Å². The number of rotatable bonds is 8. The largest absolute Gasteiger partial charge is 0.436 e. The van der Waals surface area contributed by atoms with E-state index in [4.69, 9.17) is 9.05 Å². The van der Waals surface area contributed by atoms with Crippen LogP contribution in [0, 0.1) is 27.7 Å². The molecule has 0 saturated carbocycles. The summed E-state index contributed by atoms with van der Waals surface area (Å²) >= 11 is 0. The van der Waals surface area contributed by atoms with E-state index in [-0.39, 0.29) is 17.4 Å². The van der Waals surface area contributed by atoms with E-state index in [9.17, 15) is 18.2 Å². The molecule has 0 bridgehead atoms. The third kappa shape index (κ3) is 5.61. The van der Waals surface area contributed by atoms with Crippen molar-refractivity contribution in [1.82, 2.24) is 0 Å². The van der Waals surface area contributed by atoms with Crippen molar-refractivity contribution in [3.8, 4) is 11.5 Å². The molecule has 8 heteroatoms. The molecule has 2 atom stereocenters. The van der Waals surface area contributed by atoms with E-state index >= 15 is 0 Å². The molecule has 2 aromatic carbocycles. The molecule has 0 spiro atoms. The molecule has 0 saturated heterocycles. The van der Waals surface area contributed by atoms with Crippen LogP contribution < -0.4 is 9.05 Å². The first-order valence-corrected chi connectivity index (χ1v) is 11.2. The third-order valence-electron chi connectivity index (χ3n) is 4.56. The number of hydrogen-bond acceptors (Lipinski definition) is 4. The Bertz CT molecular complexity index is 763. The van der Waals surface area contributed by atoms with Crippen molar-refractivity contribution < 1.29 is 27.2 Å².